The minimum absolute atomic E-state index is 0.0843. The molecule has 2 aromatic carbocycles. The van der Waals surface area contributed by atoms with Crippen LogP contribution in [0.3, 0.4) is 0 Å². The molecule has 0 bridgehead atoms. The van der Waals surface area contributed by atoms with Gasteiger partial charge in [-0.2, -0.15) is 4.98 Å². The summed E-state index contributed by atoms with van der Waals surface area (Å²) < 4.78 is 43.1. The molecule has 6 nitrogen and oxygen atoms in total. The van der Waals surface area contributed by atoms with Crippen molar-refractivity contribution in [3.63, 3.8) is 0 Å². The van der Waals surface area contributed by atoms with Crippen LogP contribution in [0.4, 0.5) is 10.3 Å². The summed E-state index contributed by atoms with van der Waals surface area (Å²) in [7, 11) is -3.67. The highest BCUT2D eigenvalue weighted by Gasteiger charge is 2.35. The van der Waals surface area contributed by atoms with Crippen LogP contribution in [0.15, 0.2) is 59.0 Å². The molecular formula is C22H24FN2O4P. The maximum Gasteiger partial charge on any atom is 0.385 e. The number of benzene rings is 2. The maximum absolute atomic E-state index is 13.3. The van der Waals surface area contributed by atoms with Crippen molar-refractivity contribution >= 4 is 31.1 Å². The SMILES string of the molecule is CCOP(=O)(OCC)c1nc(/C=C/c2ccccc2)oc1NCc1ccc(F)cc1. The summed E-state index contributed by atoms with van der Waals surface area (Å²) in [5.41, 5.74) is 1.87. The second-order valence-corrected chi connectivity index (χ2v) is 8.20. The van der Waals surface area contributed by atoms with Crippen molar-refractivity contribution in [1.82, 2.24) is 4.98 Å². The zero-order valence-electron chi connectivity index (χ0n) is 16.9. The van der Waals surface area contributed by atoms with E-state index in [0.29, 0.717) is 6.54 Å². The van der Waals surface area contributed by atoms with Crippen LogP contribution in [0.1, 0.15) is 30.9 Å². The molecule has 1 heterocycles. The van der Waals surface area contributed by atoms with Crippen LogP contribution in [0.25, 0.3) is 12.2 Å². The Morgan fingerprint density at radius 1 is 1.03 bits per heavy atom. The van der Waals surface area contributed by atoms with Crippen molar-refractivity contribution in [2.75, 3.05) is 18.5 Å². The number of hydrogen-bond acceptors (Lipinski definition) is 6. The third-order valence-electron chi connectivity index (χ3n) is 4.07. The first-order valence-corrected chi connectivity index (χ1v) is 11.2. The van der Waals surface area contributed by atoms with E-state index < -0.39 is 7.60 Å². The van der Waals surface area contributed by atoms with Gasteiger partial charge in [0.2, 0.25) is 17.2 Å². The summed E-state index contributed by atoms with van der Waals surface area (Å²) >= 11 is 0. The number of aromatic nitrogens is 1. The molecule has 0 fully saturated rings. The third-order valence-corrected chi connectivity index (χ3v) is 6.09. The fourth-order valence-electron chi connectivity index (χ4n) is 2.72. The fourth-order valence-corrected chi connectivity index (χ4v) is 4.31. The fraction of sp³-hybridized carbons (Fsp3) is 0.227. The normalized spacial score (nSPS) is 11.8. The van der Waals surface area contributed by atoms with Gasteiger partial charge in [-0.15, -0.1) is 0 Å². The van der Waals surface area contributed by atoms with Gasteiger partial charge in [0.15, 0.2) is 0 Å². The summed E-state index contributed by atoms with van der Waals surface area (Å²) in [6.45, 7) is 4.16. The van der Waals surface area contributed by atoms with Gasteiger partial charge < -0.3 is 18.8 Å². The van der Waals surface area contributed by atoms with Gasteiger partial charge in [0, 0.05) is 12.6 Å². The number of nitrogens with zero attached hydrogens (tertiary/aromatic N) is 1. The van der Waals surface area contributed by atoms with E-state index in [9.17, 15) is 8.96 Å². The van der Waals surface area contributed by atoms with Crippen LogP contribution < -0.4 is 10.8 Å². The molecular weight excluding hydrogens is 406 g/mol. The minimum Gasteiger partial charge on any atom is -0.420 e. The summed E-state index contributed by atoms with van der Waals surface area (Å²) in [5.74, 6) is 0.136. The van der Waals surface area contributed by atoms with E-state index in [-0.39, 0.29) is 36.2 Å². The van der Waals surface area contributed by atoms with Gasteiger partial charge in [0.05, 0.1) is 13.2 Å². The molecule has 3 rings (SSSR count). The first-order chi connectivity index (χ1) is 14.5. The molecule has 0 saturated carbocycles. The average Bonchev–Trinajstić information content (AvgIpc) is 3.17. The molecule has 0 spiro atoms. The van der Waals surface area contributed by atoms with Crippen molar-refractivity contribution < 1.29 is 22.4 Å². The monoisotopic (exact) mass is 430 g/mol. The molecule has 0 radical (unpaired) electrons. The molecule has 0 aliphatic rings. The number of nitrogens with one attached hydrogen (secondary N) is 1. The molecule has 158 valence electrons. The van der Waals surface area contributed by atoms with Crippen LogP contribution in [0, 0.1) is 5.82 Å². The van der Waals surface area contributed by atoms with E-state index in [1.807, 2.05) is 36.4 Å². The molecule has 0 atom stereocenters. The van der Waals surface area contributed by atoms with Crippen molar-refractivity contribution in [1.29, 1.82) is 0 Å². The van der Waals surface area contributed by atoms with E-state index in [2.05, 4.69) is 10.3 Å². The Bertz CT molecular complexity index is 1010. The highest BCUT2D eigenvalue weighted by Crippen LogP contribution is 2.48. The standard InChI is InChI=1S/C22H24FN2O4P/c1-3-27-30(26,28-4-2)22-21(24-16-18-10-13-19(23)14-11-18)29-20(25-22)15-12-17-8-6-5-7-9-17/h5-15,24H,3-4,16H2,1-2H3/b15-12+. The van der Waals surface area contributed by atoms with Gasteiger partial charge in [-0.25, -0.2) is 4.39 Å². The number of oxazole rings is 1. The summed E-state index contributed by atoms with van der Waals surface area (Å²) in [6, 6.07) is 15.7. The third kappa shape index (κ3) is 5.66. The number of hydrogen-bond donors (Lipinski definition) is 1. The van der Waals surface area contributed by atoms with Crippen LogP contribution in [-0.4, -0.2) is 18.2 Å². The molecule has 8 heteroatoms. The summed E-state index contributed by atoms with van der Waals surface area (Å²) in [4.78, 5) is 4.37. The van der Waals surface area contributed by atoms with E-state index in [0.717, 1.165) is 11.1 Å². The Kier molecular flexibility index (Phi) is 7.57. The van der Waals surface area contributed by atoms with Gasteiger partial charge in [-0.3, -0.25) is 4.57 Å². The smallest absolute Gasteiger partial charge is 0.385 e. The Hall–Kier alpha value is -2.73. The van der Waals surface area contributed by atoms with Gasteiger partial charge in [-0.05, 0) is 43.2 Å². The molecule has 0 aliphatic carbocycles. The molecule has 1 aromatic heterocycles. The second kappa shape index (κ2) is 10.3. The van der Waals surface area contributed by atoms with Crippen molar-refractivity contribution in [2.24, 2.45) is 0 Å². The lowest BCUT2D eigenvalue weighted by atomic mass is 10.2. The van der Waals surface area contributed by atoms with Gasteiger partial charge in [0.1, 0.15) is 5.82 Å². The van der Waals surface area contributed by atoms with Gasteiger partial charge in [-0.1, -0.05) is 42.5 Å². The quantitative estimate of drug-likeness (QED) is 0.429. The predicted octanol–water partition coefficient (Wildman–Crippen LogP) is 5.49. The number of anilines is 1. The average molecular weight is 430 g/mol. The second-order valence-electron chi connectivity index (χ2n) is 6.26. The zero-order valence-corrected chi connectivity index (χ0v) is 17.8. The Morgan fingerprint density at radius 2 is 1.70 bits per heavy atom. The predicted molar refractivity (Wildman–Crippen MR) is 116 cm³/mol. The lowest BCUT2D eigenvalue weighted by Gasteiger charge is -2.15. The van der Waals surface area contributed by atoms with E-state index in [1.165, 1.54) is 12.1 Å². The van der Waals surface area contributed by atoms with Crippen molar-refractivity contribution in [2.45, 2.75) is 20.4 Å². The molecule has 0 unspecified atom stereocenters. The Labute approximate surface area is 175 Å². The molecule has 3 aromatic rings. The van der Waals surface area contributed by atoms with Crippen molar-refractivity contribution in [3.05, 3.63) is 77.4 Å². The van der Waals surface area contributed by atoms with Gasteiger partial charge in [0.25, 0.3) is 0 Å². The first-order valence-electron chi connectivity index (χ1n) is 9.66. The summed E-state index contributed by atoms with van der Waals surface area (Å²) in [5, 5.41) is 3.07. The lowest BCUT2D eigenvalue weighted by Crippen LogP contribution is -2.16. The summed E-state index contributed by atoms with van der Waals surface area (Å²) in [6.07, 6.45) is 3.52. The highest BCUT2D eigenvalue weighted by atomic mass is 31.2. The van der Waals surface area contributed by atoms with E-state index in [4.69, 9.17) is 13.5 Å². The number of rotatable bonds is 10. The molecule has 1 N–H and O–H groups in total. The van der Waals surface area contributed by atoms with Crippen molar-refractivity contribution in [3.8, 4) is 0 Å². The van der Waals surface area contributed by atoms with Gasteiger partial charge >= 0.3 is 7.60 Å². The topological polar surface area (TPSA) is 73.6 Å². The minimum atomic E-state index is -3.67. The largest absolute Gasteiger partial charge is 0.420 e. The van der Waals surface area contributed by atoms with Crippen LogP contribution >= 0.6 is 7.60 Å². The number of halogens is 1. The molecule has 30 heavy (non-hydrogen) atoms. The van der Waals surface area contributed by atoms with E-state index in [1.54, 1.807) is 32.1 Å². The Morgan fingerprint density at radius 3 is 2.33 bits per heavy atom. The van der Waals surface area contributed by atoms with Crippen LogP contribution in [0.2, 0.25) is 0 Å². The van der Waals surface area contributed by atoms with E-state index >= 15 is 0 Å². The molecule has 0 aliphatic heterocycles. The Balaban J connectivity index is 1.90. The molecule has 0 saturated heterocycles. The zero-order chi connectivity index (χ0) is 21.4. The highest BCUT2D eigenvalue weighted by molar-refractivity contribution is 7.62. The lowest BCUT2D eigenvalue weighted by molar-refractivity contribution is 0.229. The maximum atomic E-state index is 13.3. The van der Waals surface area contributed by atoms with Crippen LogP contribution in [0.5, 0.6) is 0 Å². The first kappa shape index (κ1) is 22.0. The van der Waals surface area contributed by atoms with Crippen LogP contribution in [-0.2, 0) is 20.2 Å². The molecule has 0 amide bonds.